The third-order valence-corrected chi connectivity index (χ3v) is 6.12. The van der Waals surface area contributed by atoms with Gasteiger partial charge in [-0.2, -0.15) is 0 Å². The summed E-state index contributed by atoms with van der Waals surface area (Å²) in [7, 11) is -0.726. The third kappa shape index (κ3) is 6.17. The predicted molar refractivity (Wildman–Crippen MR) is 126 cm³/mol. The molecule has 0 unspecified atom stereocenters. The fourth-order valence-electron chi connectivity index (χ4n) is 3.09. The van der Waals surface area contributed by atoms with Crippen LogP contribution in [0.4, 0.5) is 5.69 Å². The SMILES string of the molecule is CCOc1ccc(S(=O)(=O)Nc2cccc(C(=O)NCc3ccc(OC)c(OC)c3)c2)cc1. The molecule has 0 spiro atoms. The number of benzene rings is 3. The number of hydrogen-bond donors (Lipinski definition) is 2. The zero-order valence-electron chi connectivity index (χ0n) is 18.6. The summed E-state index contributed by atoms with van der Waals surface area (Å²) < 4.78 is 43.7. The molecule has 0 saturated heterocycles. The average molecular weight is 471 g/mol. The fraction of sp³-hybridized carbons (Fsp3) is 0.208. The molecule has 8 nitrogen and oxygen atoms in total. The van der Waals surface area contributed by atoms with Crippen LogP contribution in [0.1, 0.15) is 22.8 Å². The van der Waals surface area contributed by atoms with E-state index in [0.29, 0.717) is 29.4 Å². The maximum absolute atomic E-state index is 12.7. The van der Waals surface area contributed by atoms with Crippen LogP contribution < -0.4 is 24.2 Å². The highest BCUT2D eigenvalue weighted by Gasteiger charge is 2.15. The van der Waals surface area contributed by atoms with E-state index >= 15 is 0 Å². The Hall–Kier alpha value is -3.72. The topological polar surface area (TPSA) is 103 Å². The minimum atomic E-state index is -3.82. The van der Waals surface area contributed by atoms with Gasteiger partial charge in [-0.3, -0.25) is 9.52 Å². The third-order valence-electron chi connectivity index (χ3n) is 4.72. The molecule has 3 aromatic rings. The Labute approximate surface area is 193 Å². The monoisotopic (exact) mass is 470 g/mol. The Morgan fingerprint density at radius 3 is 2.30 bits per heavy atom. The Morgan fingerprint density at radius 1 is 0.909 bits per heavy atom. The highest BCUT2D eigenvalue weighted by Crippen LogP contribution is 2.27. The van der Waals surface area contributed by atoms with E-state index in [1.54, 1.807) is 56.7 Å². The number of methoxy groups -OCH3 is 2. The Balaban J connectivity index is 1.68. The van der Waals surface area contributed by atoms with Crippen LogP contribution in [0.25, 0.3) is 0 Å². The molecule has 0 aromatic heterocycles. The smallest absolute Gasteiger partial charge is 0.261 e. The zero-order chi connectivity index (χ0) is 23.8. The van der Waals surface area contributed by atoms with Crippen molar-refractivity contribution >= 4 is 21.6 Å². The lowest BCUT2D eigenvalue weighted by atomic mass is 10.1. The van der Waals surface area contributed by atoms with Gasteiger partial charge in [0.25, 0.3) is 15.9 Å². The van der Waals surface area contributed by atoms with Gasteiger partial charge in [-0.05, 0) is 67.1 Å². The normalized spacial score (nSPS) is 10.9. The van der Waals surface area contributed by atoms with E-state index in [0.717, 1.165) is 5.56 Å². The first kappa shape index (κ1) is 23.9. The lowest BCUT2D eigenvalue weighted by Gasteiger charge is -2.12. The molecule has 0 aliphatic carbocycles. The highest BCUT2D eigenvalue weighted by molar-refractivity contribution is 7.92. The molecule has 0 bridgehead atoms. The van der Waals surface area contributed by atoms with Crippen molar-refractivity contribution in [2.24, 2.45) is 0 Å². The van der Waals surface area contributed by atoms with Crippen molar-refractivity contribution in [1.82, 2.24) is 5.32 Å². The predicted octanol–water partition coefficient (Wildman–Crippen LogP) is 3.83. The largest absolute Gasteiger partial charge is 0.494 e. The molecule has 0 aliphatic rings. The highest BCUT2D eigenvalue weighted by atomic mass is 32.2. The van der Waals surface area contributed by atoms with Gasteiger partial charge < -0.3 is 19.5 Å². The first-order chi connectivity index (χ1) is 15.9. The van der Waals surface area contributed by atoms with Crippen LogP contribution in [0.15, 0.2) is 71.6 Å². The van der Waals surface area contributed by atoms with Gasteiger partial charge in [0.15, 0.2) is 11.5 Å². The molecular weight excluding hydrogens is 444 g/mol. The molecule has 1 amide bonds. The van der Waals surface area contributed by atoms with Crippen LogP contribution in [0.3, 0.4) is 0 Å². The van der Waals surface area contributed by atoms with Crippen molar-refractivity contribution in [3.63, 3.8) is 0 Å². The number of anilines is 1. The summed E-state index contributed by atoms with van der Waals surface area (Å²) in [6, 6.07) is 17.8. The lowest BCUT2D eigenvalue weighted by Crippen LogP contribution is -2.23. The summed E-state index contributed by atoms with van der Waals surface area (Å²) in [5.41, 5.74) is 1.43. The molecule has 33 heavy (non-hydrogen) atoms. The van der Waals surface area contributed by atoms with E-state index in [1.165, 1.54) is 18.2 Å². The van der Waals surface area contributed by atoms with E-state index in [9.17, 15) is 13.2 Å². The van der Waals surface area contributed by atoms with Crippen molar-refractivity contribution in [2.45, 2.75) is 18.4 Å². The number of carbonyl (C=O) groups is 1. The Morgan fingerprint density at radius 2 is 1.64 bits per heavy atom. The summed E-state index contributed by atoms with van der Waals surface area (Å²) >= 11 is 0. The summed E-state index contributed by atoms with van der Waals surface area (Å²) in [6.45, 7) is 2.61. The summed E-state index contributed by atoms with van der Waals surface area (Å²) in [5, 5.41) is 2.82. The second kappa shape index (κ2) is 10.7. The summed E-state index contributed by atoms with van der Waals surface area (Å²) in [6.07, 6.45) is 0. The summed E-state index contributed by atoms with van der Waals surface area (Å²) in [4.78, 5) is 12.7. The van der Waals surface area contributed by atoms with Gasteiger partial charge in [0.2, 0.25) is 0 Å². The number of ether oxygens (including phenoxy) is 3. The van der Waals surface area contributed by atoms with Crippen molar-refractivity contribution in [2.75, 3.05) is 25.5 Å². The van der Waals surface area contributed by atoms with Crippen LogP contribution in [0.5, 0.6) is 17.2 Å². The average Bonchev–Trinajstić information content (AvgIpc) is 2.82. The summed E-state index contributed by atoms with van der Waals surface area (Å²) in [5.74, 6) is 1.41. The van der Waals surface area contributed by atoms with Crippen molar-refractivity contribution in [3.05, 3.63) is 77.9 Å². The van der Waals surface area contributed by atoms with E-state index in [4.69, 9.17) is 14.2 Å². The molecule has 174 valence electrons. The molecular formula is C24H26N2O6S. The van der Waals surface area contributed by atoms with E-state index in [2.05, 4.69) is 10.0 Å². The van der Waals surface area contributed by atoms with Gasteiger partial charge in [-0.1, -0.05) is 12.1 Å². The van der Waals surface area contributed by atoms with Gasteiger partial charge in [-0.15, -0.1) is 0 Å². The molecule has 0 radical (unpaired) electrons. The van der Waals surface area contributed by atoms with Crippen LogP contribution in [-0.4, -0.2) is 35.2 Å². The molecule has 0 atom stereocenters. The van der Waals surface area contributed by atoms with E-state index < -0.39 is 10.0 Å². The maximum Gasteiger partial charge on any atom is 0.261 e. The molecule has 0 saturated carbocycles. The van der Waals surface area contributed by atoms with Gasteiger partial charge in [0.05, 0.1) is 25.7 Å². The number of hydrogen-bond acceptors (Lipinski definition) is 6. The molecule has 0 heterocycles. The minimum Gasteiger partial charge on any atom is -0.494 e. The van der Waals surface area contributed by atoms with E-state index in [1.807, 2.05) is 13.0 Å². The second-order valence-electron chi connectivity index (χ2n) is 6.96. The van der Waals surface area contributed by atoms with Crippen molar-refractivity contribution in [1.29, 1.82) is 0 Å². The number of rotatable bonds is 10. The standard InChI is InChI=1S/C24H26N2O6S/c1-4-32-20-9-11-21(12-10-20)33(28,29)26-19-7-5-6-18(15-19)24(27)25-16-17-8-13-22(30-2)23(14-17)31-3/h5-15,26H,4,16H2,1-3H3,(H,25,27). The Bertz CT molecular complexity index is 1210. The quantitative estimate of drug-likeness (QED) is 0.467. The number of amides is 1. The number of nitrogens with one attached hydrogen (secondary N) is 2. The Kier molecular flexibility index (Phi) is 7.78. The van der Waals surface area contributed by atoms with E-state index in [-0.39, 0.29) is 23.0 Å². The van der Waals surface area contributed by atoms with Crippen LogP contribution in [-0.2, 0) is 16.6 Å². The van der Waals surface area contributed by atoms with Crippen LogP contribution >= 0.6 is 0 Å². The molecule has 9 heteroatoms. The number of carbonyl (C=O) groups excluding carboxylic acids is 1. The molecule has 2 N–H and O–H groups in total. The zero-order valence-corrected chi connectivity index (χ0v) is 19.4. The lowest BCUT2D eigenvalue weighted by molar-refractivity contribution is 0.0951. The van der Waals surface area contributed by atoms with Gasteiger partial charge in [0, 0.05) is 17.8 Å². The molecule has 3 aromatic carbocycles. The van der Waals surface area contributed by atoms with Gasteiger partial charge in [-0.25, -0.2) is 8.42 Å². The fourth-order valence-corrected chi connectivity index (χ4v) is 4.14. The van der Waals surface area contributed by atoms with Crippen molar-refractivity contribution in [3.8, 4) is 17.2 Å². The maximum atomic E-state index is 12.7. The minimum absolute atomic E-state index is 0.0919. The first-order valence-corrected chi connectivity index (χ1v) is 11.7. The van der Waals surface area contributed by atoms with Gasteiger partial charge in [0.1, 0.15) is 5.75 Å². The van der Waals surface area contributed by atoms with Crippen LogP contribution in [0.2, 0.25) is 0 Å². The molecule has 0 aliphatic heterocycles. The molecule has 0 fully saturated rings. The second-order valence-corrected chi connectivity index (χ2v) is 8.65. The van der Waals surface area contributed by atoms with Crippen molar-refractivity contribution < 1.29 is 27.4 Å². The first-order valence-electron chi connectivity index (χ1n) is 10.2. The molecule has 3 rings (SSSR count). The van der Waals surface area contributed by atoms with Gasteiger partial charge >= 0.3 is 0 Å². The van der Waals surface area contributed by atoms with Crippen LogP contribution in [0, 0.1) is 0 Å². The number of sulfonamides is 1.